The summed E-state index contributed by atoms with van der Waals surface area (Å²) in [6, 6.07) is 9.27. The fourth-order valence-corrected chi connectivity index (χ4v) is 5.26. The molecule has 6 nitrogen and oxygen atoms in total. The second kappa shape index (κ2) is 8.78. The van der Waals surface area contributed by atoms with Crippen LogP contribution in [0.1, 0.15) is 24.0 Å². The molecule has 2 fully saturated rings. The second-order valence-electron chi connectivity index (χ2n) is 9.22. The van der Waals surface area contributed by atoms with E-state index in [9.17, 15) is 22.8 Å². The second-order valence-corrected chi connectivity index (χ2v) is 9.22. The van der Waals surface area contributed by atoms with Gasteiger partial charge in [-0.2, -0.15) is 13.2 Å². The van der Waals surface area contributed by atoms with Crippen LogP contribution in [0.3, 0.4) is 0 Å². The van der Waals surface area contributed by atoms with E-state index in [1.165, 1.54) is 16.7 Å². The number of likely N-dealkylation sites (tertiary alicyclic amines) is 1. The van der Waals surface area contributed by atoms with Crippen molar-refractivity contribution in [2.24, 2.45) is 13.0 Å². The van der Waals surface area contributed by atoms with E-state index < -0.39 is 23.0 Å². The zero-order chi connectivity index (χ0) is 23.4. The molecule has 0 amide bonds. The summed E-state index contributed by atoms with van der Waals surface area (Å²) in [6.07, 6.45) is 0.875. The van der Waals surface area contributed by atoms with Crippen LogP contribution in [0.4, 0.5) is 13.2 Å². The van der Waals surface area contributed by atoms with Crippen molar-refractivity contribution in [3.05, 3.63) is 80.8 Å². The molecule has 1 aliphatic heterocycles. The van der Waals surface area contributed by atoms with Crippen molar-refractivity contribution in [2.75, 3.05) is 19.6 Å². The zero-order valence-corrected chi connectivity index (χ0v) is 19.5. The van der Waals surface area contributed by atoms with Gasteiger partial charge in [0.15, 0.2) is 0 Å². The molecule has 2 atom stereocenters. The number of hydrogen-bond acceptors (Lipinski definition) is 3. The minimum absolute atomic E-state index is 0. The molecule has 5 rings (SSSR count). The van der Waals surface area contributed by atoms with Crippen LogP contribution in [-0.2, 0) is 25.2 Å². The van der Waals surface area contributed by atoms with Crippen molar-refractivity contribution in [3.8, 4) is 11.3 Å². The van der Waals surface area contributed by atoms with Crippen LogP contribution < -0.4 is 11.2 Å². The van der Waals surface area contributed by atoms with E-state index in [2.05, 4.69) is 9.88 Å². The van der Waals surface area contributed by atoms with Gasteiger partial charge in [0.2, 0.25) is 0 Å². The Morgan fingerprint density at radius 3 is 2.50 bits per heavy atom. The third-order valence-electron chi connectivity index (χ3n) is 7.11. The molecule has 10 heteroatoms. The van der Waals surface area contributed by atoms with Gasteiger partial charge >= 0.3 is 11.9 Å². The molecule has 0 bridgehead atoms. The topological polar surface area (TPSA) is 63.0 Å². The van der Waals surface area contributed by atoms with Gasteiger partial charge in [-0.05, 0) is 55.1 Å². The third-order valence-corrected chi connectivity index (χ3v) is 7.11. The Bertz CT molecular complexity index is 1300. The number of nitrogens with one attached hydrogen (secondary N) is 1. The molecule has 0 unspecified atom stereocenters. The SMILES string of the molecule is Cl.Cn1cccc1-c1cn(CCCN2C[C@@H]3C[C@]3(c3ccc(C(F)(F)F)cc3)C2)c(=O)[nH]c1=O. The zero-order valence-electron chi connectivity index (χ0n) is 18.6. The van der Waals surface area contributed by atoms with Gasteiger partial charge in [0.1, 0.15) is 0 Å². The number of H-pyrrole nitrogens is 1. The first-order chi connectivity index (χ1) is 15.7. The lowest BCUT2D eigenvalue weighted by Crippen LogP contribution is -2.32. The average molecular weight is 495 g/mol. The number of benzene rings is 1. The predicted molar refractivity (Wildman–Crippen MR) is 125 cm³/mol. The molecule has 1 saturated heterocycles. The minimum Gasteiger partial charge on any atom is -0.350 e. The van der Waals surface area contributed by atoms with Crippen molar-refractivity contribution in [1.82, 2.24) is 19.0 Å². The molecule has 0 spiro atoms. The normalized spacial score (nSPS) is 21.8. The van der Waals surface area contributed by atoms with Crippen LogP contribution in [0.15, 0.2) is 58.4 Å². The van der Waals surface area contributed by atoms with E-state index in [-0.39, 0.29) is 17.8 Å². The van der Waals surface area contributed by atoms with Gasteiger partial charge in [0, 0.05) is 44.5 Å². The van der Waals surface area contributed by atoms with Gasteiger partial charge in [0.05, 0.1) is 16.8 Å². The van der Waals surface area contributed by atoms with E-state index in [1.54, 1.807) is 18.3 Å². The molecule has 1 saturated carbocycles. The van der Waals surface area contributed by atoms with Gasteiger partial charge in [-0.15, -0.1) is 12.4 Å². The molecule has 2 aliphatic rings. The smallest absolute Gasteiger partial charge is 0.350 e. The summed E-state index contributed by atoms with van der Waals surface area (Å²) in [5, 5.41) is 0. The summed E-state index contributed by atoms with van der Waals surface area (Å²) in [7, 11) is 1.84. The highest BCUT2D eigenvalue weighted by atomic mass is 35.5. The molecule has 3 aromatic rings. The largest absolute Gasteiger partial charge is 0.416 e. The lowest BCUT2D eigenvalue weighted by molar-refractivity contribution is -0.137. The number of fused-ring (bicyclic) bond motifs is 1. The number of halogens is 4. The molecule has 0 radical (unpaired) electrons. The molecule has 1 aromatic carbocycles. The summed E-state index contributed by atoms with van der Waals surface area (Å²) >= 11 is 0. The van der Waals surface area contributed by atoms with Crippen LogP contribution in [0.25, 0.3) is 11.3 Å². The van der Waals surface area contributed by atoms with E-state index in [0.717, 1.165) is 43.7 Å². The maximum absolute atomic E-state index is 12.9. The van der Waals surface area contributed by atoms with Crippen molar-refractivity contribution in [1.29, 1.82) is 0 Å². The van der Waals surface area contributed by atoms with Crippen molar-refractivity contribution >= 4 is 12.4 Å². The quantitative estimate of drug-likeness (QED) is 0.569. The molecule has 1 N–H and O–H groups in total. The van der Waals surface area contributed by atoms with Crippen molar-refractivity contribution in [2.45, 2.75) is 31.0 Å². The Labute approximate surface area is 200 Å². The summed E-state index contributed by atoms with van der Waals surface area (Å²) in [5.74, 6) is 0.467. The minimum atomic E-state index is -4.32. The maximum atomic E-state index is 12.9. The number of aromatic amines is 1. The number of hydrogen-bond donors (Lipinski definition) is 1. The first-order valence-electron chi connectivity index (χ1n) is 11.0. The van der Waals surface area contributed by atoms with E-state index in [0.29, 0.717) is 18.0 Å². The number of rotatable bonds is 6. The summed E-state index contributed by atoms with van der Waals surface area (Å²) in [4.78, 5) is 29.3. The third kappa shape index (κ3) is 4.34. The van der Waals surface area contributed by atoms with Crippen molar-refractivity contribution < 1.29 is 13.2 Å². The number of alkyl halides is 3. The highest BCUT2D eigenvalue weighted by molar-refractivity contribution is 5.85. The molecule has 2 aromatic heterocycles. The monoisotopic (exact) mass is 494 g/mol. The lowest BCUT2D eigenvalue weighted by atomic mass is 9.94. The van der Waals surface area contributed by atoms with E-state index >= 15 is 0 Å². The Balaban J connectivity index is 0.00000274. The first-order valence-corrected chi connectivity index (χ1v) is 11.0. The van der Waals surface area contributed by atoms with Gasteiger partial charge in [-0.3, -0.25) is 14.3 Å². The van der Waals surface area contributed by atoms with Crippen LogP contribution >= 0.6 is 12.4 Å². The van der Waals surface area contributed by atoms with Crippen LogP contribution in [-0.4, -0.2) is 38.7 Å². The molecule has 3 heterocycles. The highest BCUT2D eigenvalue weighted by Gasteiger charge is 2.60. The van der Waals surface area contributed by atoms with Crippen LogP contribution in [0.2, 0.25) is 0 Å². The number of aromatic nitrogens is 3. The first kappa shape index (κ1) is 24.3. The number of piperidine rings is 1. The Morgan fingerprint density at radius 2 is 1.85 bits per heavy atom. The number of aryl methyl sites for hydroxylation is 2. The molecular formula is C24H26ClF3N4O2. The van der Waals surface area contributed by atoms with Gasteiger partial charge in [0.25, 0.3) is 5.56 Å². The van der Waals surface area contributed by atoms with Crippen LogP contribution in [0.5, 0.6) is 0 Å². The van der Waals surface area contributed by atoms with Crippen molar-refractivity contribution in [3.63, 3.8) is 0 Å². The molecule has 34 heavy (non-hydrogen) atoms. The van der Waals surface area contributed by atoms with Crippen LogP contribution in [0, 0.1) is 5.92 Å². The summed E-state index contributed by atoms with van der Waals surface area (Å²) in [5.41, 5.74) is 0.676. The van der Waals surface area contributed by atoms with E-state index in [4.69, 9.17) is 0 Å². The standard InChI is InChI=1S/C24H25F3N4O2.ClH/c1-29-9-2-4-20(29)19-14-31(22(33)28-21(19)32)11-3-10-30-13-18-12-23(18,15-30)16-5-7-17(8-6-16)24(25,26)27;/h2,4-9,14,18H,3,10-13,15H2,1H3,(H,28,32,33);1H/t18-,23+;/m0./s1. The Morgan fingerprint density at radius 1 is 1.12 bits per heavy atom. The fraction of sp³-hybridized carbons (Fsp3) is 0.417. The number of nitrogens with zero attached hydrogens (tertiary/aromatic N) is 3. The fourth-order valence-electron chi connectivity index (χ4n) is 5.26. The summed E-state index contributed by atoms with van der Waals surface area (Å²) < 4.78 is 42.0. The molecule has 182 valence electrons. The Hall–Kier alpha value is -2.78. The predicted octanol–water partition coefficient (Wildman–Crippen LogP) is 3.65. The van der Waals surface area contributed by atoms with E-state index in [1.807, 2.05) is 29.9 Å². The molecular weight excluding hydrogens is 469 g/mol. The summed E-state index contributed by atoms with van der Waals surface area (Å²) in [6.45, 7) is 2.99. The lowest BCUT2D eigenvalue weighted by Gasteiger charge is -2.21. The Kier molecular flexibility index (Phi) is 6.29. The van der Waals surface area contributed by atoms with Gasteiger partial charge in [-0.25, -0.2) is 4.79 Å². The van der Waals surface area contributed by atoms with Gasteiger partial charge in [-0.1, -0.05) is 12.1 Å². The molecule has 1 aliphatic carbocycles. The van der Waals surface area contributed by atoms with Gasteiger partial charge < -0.3 is 9.47 Å². The maximum Gasteiger partial charge on any atom is 0.416 e. The average Bonchev–Trinajstić information content (AvgIpc) is 3.09. The highest BCUT2D eigenvalue weighted by Crippen LogP contribution is 2.59.